The molecule has 0 aliphatic carbocycles. The molecule has 1 saturated heterocycles. The minimum absolute atomic E-state index is 0.0798. The van der Waals surface area contributed by atoms with Gasteiger partial charge in [0.2, 0.25) is 5.91 Å². The van der Waals surface area contributed by atoms with Crippen LogP contribution in [0.5, 0.6) is 0 Å². The first-order valence-corrected chi connectivity index (χ1v) is 6.41. The molecule has 0 atom stereocenters. The van der Waals surface area contributed by atoms with Crippen LogP contribution < -0.4 is 5.32 Å². The molecule has 1 aliphatic rings. The minimum atomic E-state index is -0.0798. The zero-order valence-corrected chi connectivity index (χ0v) is 10.8. The fourth-order valence-electron chi connectivity index (χ4n) is 1.53. The van der Waals surface area contributed by atoms with Crippen LogP contribution in [0, 0.1) is 12.3 Å². The molecule has 1 N–H and O–H groups in total. The molecular formula is C12H16N2O2S. The van der Waals surface area contributed by atoms with Crippen LogP contribution in [0.4, 0.5) is 0 Å². The van der Waals surface area contributed by atoms with Crippen LogP contribution in [0.15, 0.2) is 11.5 Å². The molecule has 17 heavy (non-hydrogen) atoms. The first kappa shape index (κ1) is 12.3. The number of nitrogens with zero attached hydrogens (tertiary/aromatic N) is 1. The number of rotatable bonds is 4. The molecule has 0 radical (unpaired) electrons. The van der Waals surface area contributed by atoms with E-state index in [9.17, 15) is 4.79 Å². The van der Waals surface area contributed by atoms with Gasteiger partial charge in [-0.05, 0) is 13.0 Å². The van der Waals surface area contributed by atoms with Crippen LogP contribution in [0.2, 0.25) is 0 Å². The second-order valence-electron chi connectivity index (χ2n) is 4.65. The van der Waals surface area contributed by atoms with Crippen LogP contribution >= 0.6 is 11.3 Å². The van der Waals surface area contributed by atoms with Gasteiger partial charge < -0.3 is 10.1 Å². The maximum Gasteiger partial charge on any atom is 0.244 e. The van der Waals surface area contributed by atoms with Crippen LogP contribution in [0.3, 0.4) is 0 Å². The van der Waals surface area contributed by atoms with Crippen LogP contribution in [-0.2, 0) is 9.53 Å². The standard InChI is InChI=1S/C12H16N2O2S/c1-9-14-10(5-17-9)3-4-11(15)13-6-12(2)7-16-8-12/h3-5H,6-8H2,1-2H3,(H,13,15). The van der Waals surface area contributed by atoms with E-state index in [1.807, 2.05) is 12.3 Å². The Morgan fingerprint density at radius 3 is 3.00 bits per heavy atom. The van der Waals surface area contributed by atoms with Gasteiger partial charge in [-0.1, -0.05) is 6.92 Å². The number of hydrogen-bond donors (Lipinski definition) is 1. The second kappa shape index (κ2) is 4.98. The average Bonchev–Trinajstić information content (AvgIpc) is 2.67. The predicted octanol–water partition coefficient (Wildman–Crippen LogP) is 1.62. The Hall–Kier alpha value is -1.20. The Labute approximate surface area is 105 Å². The molecule has 1 amide bonds. The molecule has 2 rings (SSSR count). The summed E-state index contributed by atoms with van der Waals surface area (Å²) >= 11 is 1.58. The maximum atomic E-state index is 11.5. The summed E-state index contributed by atoms with van der Waals surface area (Å²) in [5, 5.41) is 5.81. The summed E-state index contributed by atoms with van der Waals surface area (Å²) in [7, 11) is 0. The third-order valence-electron chi connectivity index (χ3n) is 2.63. The van der Waals surface area contributed by atoms with E-state index in [-0.39, 0.29) is 11.3 Å². The third kappa shape index (κ3) is 3.38. The van der Waals surface area contributed by atoms with Gasteiger partial charge in [0, 0.05) is 23.4 Å². The van der Waals surface area contributed by atoms with Gasteiger partial charge in [0.1, 0.15) is 0 Å². The van der Waals surface area contributed by atoms with Gasteiger partial charge in [0.25, 0.3) is 0 Å². The summed E-state index contributed by atoms with van der Waals surface area (Å²) < 4.78 is 5.12. The number of ether oxygens (including phenoxy) is 1. The van der Waals surface area contributed by atoms with E-state index in [1.165, 1.54) is 6.08 Å². The number of hydrogen-bond acceptors (Lipinski definition) is 4. The lowest BCUT2D eigenvalue weighted by atomic mass is 9.89. The van der Waals surface area contributed by atoms with Crippen LogP contribution in [-0.4, -0.2) is 30.6 Å². The van der Waals surface area contributed by atoms with E-state index >= 15 is 0 Å². The average molecular weight is 252 g/mol. The fraction of sp³-hybridized carbons (Fsp3) is 0.500. The van der Waals surface area contributed by atoms with Gasteiger partial charge in [0.15, 0.2) is 0 Å². The van der Waals surface area contributed by atoms with E-state index in [2.05, 4.69) is 17.2 Å². The summed E-state index contributed by atoms with van der Waals surface area (Å²) in [6.45, 7) is 6.15. The molecule has 4 nitrogen and oxygen atoms in total. The Balaban J connectivity index is 1.79. The summed E-state index contributed by atoms with van der Waals surface area (Å²) in [5.74, 6) is -0.0798. The lowest BCUT2D eigenvalue weighted by Crippen LogP contribution is -2.48. The summed E-state index contributed by atoms with van der Waals surface area (Å²) in [4.78, 5) is 15.8. The lowest BCUT2D eigenvalue weighted by molar-refractivity contribution is -0.122. The van der Waals surface area contributed by atoms with Gasteiger partial charge in [0.05, 0.1) is 23.9 Å². The van der Waals surface area contributed by atoms with Crippen molar-refractivity contribution in [3.05, 3.63) is 22.2 Å². The topological polar surface area (TPSA) is 51.2 Å². The molecule has 1 aliphatic heterocycles. The molecule has 0 aromatic carbocycles. The van der Waals surface area contributed by atoms with Crippen molar-refractivity contribution >= 4 is 23.3 Å². The van der Waals surface area contributed by atoms with E-state index in [0.29, 0.717) is 6.54 Å². The molecule has 0 spiro atoms. The number of amides is 1. The normalized spacial score (nSPS) is 18.0. The largest absolute Gasteiger partial charge is 0.380 e. The van der Waals surface area contributed by atoms with Crippen molar-refractivity contribution in [1.29, 1.82) is 0 Å². The lowest BCUT2D eigenvalue weighted by Gasteiger charge is -2.37. The van der Waals surface area contributed by atoms with Crippen molar-refractivity contribution in [2.24, 2.45) is 5.41 Å². The quantitative estimate of drug-likeness (QED) is 0.828. The summed E-state index contributed by atoms with van der Waals surface area (Å²) in [6, 6.07) is 0. The van der Waals surface area contributed by atoms with Crippen molar-refractivity contribution in [3.8, 4) is 0 Å². The number of thiazole rings is 1. The fourth-order valence-corrected chi connectivity index (χ4v) is 2.11. The molecule has 2 heterocycles. The highest BCUT2D eigenvalue weighted by Gasteiger charge is 2.33. The maximum absolute atomic E-state index is 11.5. The number of carbonyl (C=O) groups is 1. The van der Waals surface area contributed by atoms with Gasteiger partial charge in [-0.3, -0.25) is 4.79 Å². The van der Waals surface area contributed by atoms with Gasteiger partial charge in [-0.15, -0.1) is 11.3 Å². The molecule has 92 valence electrons. The van der Waals surface area contributed by atoms with Crippen molar-refractivity contribution in [2.75, 3.05) is 19.8 Å². The number of aryl methyl sites for hydroxylation is 1. The van der Waals surface area contributed by atoms with Crippen molar-refractivity contribution in [1.82, 2.24) is 10.3 Å². The highest BCUT2D eigenvalue weighted by atomic mass is 32.1. The first-order chi connectivity index (χ1) is 8.07. The summed E-state index contributed by atoms with van der Waals surface area (Å²) in [5.41, 5.74) is 0.946. The Morgan fingerprint density at radius 1 is 1.71 bits per heavy atom. The molecule has 1 aromatic rings. The van der Waals surface area contributed by atoms with Crippen LogP contribution in [0.25, 0.3) is 6.08 Å². The number of nitrogens with one attached hydrogen (secondary N) is 1. The molecule has 0 bridgehead atoms. The van der Waals surface area contributed by atoms with Crippen molar-refractivity contribution in [2.45, 2.75) is 13.8 Å². The Morgan fingerprint density at radius 2 is 2.47 bits per heavy atom. The van der Waals surface area contributed by atoms with E-state index in [4.69, 9.17) is 4.74 Å². The highest BCUT2D eigenvalue weighted by molar-refractivity contribution is 7.09. The van der Waals surface area contributed by atoms with Crippen molar-refractivity contribution < 1.29 is 9.53 Å². The summed E-state index contributed by atoms with van der Waals surface area (Å²) in [6.07, 6.45) is 3.26. The zero-order chi connectivity index (χ0) is 12.3. The predicted molar refractivity (Wildman–Crippen MR) is 67.8 cm³/mol. The molecular weight excluding hydrogens is 236 g/mol. The zero-order valence-electron chi connectivity index (χ0n) is 10.0. The van der Waals surface area contributed by atoms with E-state index in [1.54, 1.807) is 17.4 Å². The first-order valence-electron chi connectivity index (χ1n) is 5.53. The smallest absolute Gasteiger partial charge is 0.244 e. The number of aromatic nitrogens is 1. The Kier molecular flexibility index (Phi) is 3.59. The minimum Gasteiger partial charge on any atom is -0.380 e. The molecule has 0 unspecified atom stereocenters. The molecule has 0 saturated carbocycles. The van der Waals surface area contributed by atoms with Gasteiger partial charge in [-0.2, -0.15) is 0 Å². The van der Waals surface area contributed by atoms with E-state index < -0.39 is 0 Å². The number of carbonyl (C=O) groups excluding carboxylic acids is 1. The monoisotopic (exact) mass is 252 g/mol. The molecule has 5 heteroatoms. The van der Waals surface area contributed by atoms with Crippen molar-refractivity contribution in [3.63, 3.8) is 0 Å². The Bertz CT molecular complexity index is 435. The molecule has 1 fully saturated rings. The van der Waals surface area contributed by atoms with Gasteiger partial charge in [-0.25, -0.2) is 4.98 Å². The van der Waals surface area contributed by atoms with Crippen LogP contribution in [0.1, 0.15) is 17.6 Å². The molecule has 1 aromatic heterocycles. The van der Waals surface area contributed by atoms with E-state index in [0.717, 1.165) is 23.9 Å². The van der Waals surface area contributed by atoms with Gasteiger partial charge >= 0.3 is 0 Å². The third-order valence-corrected chi connectivity index (χ3v) is 3.42. The highest BCUT2D eigenvalue weighted by Crippen LogP contribution is 2.24. The SMILES string of the molecule is Cc1nc(C=CC(=O)NCC2(C)COC2)cs1. The second-order valence-corrected chi connectivity index (χ2v) is 5.71.